The van der Waals surface area contributed by atoms with Crippen LogP contribution in [0.5, 0.6) is 5.75 Å². The molecule has 0 N–H and O–H groups in total. The molecule has 22 heavy (non-hydrogen) atoms. The molecule has 0 aliphatic heterocycles. The Bertz CT molecular complexity index is 486. The van der Waals surface area contributed by atoms with Crippen molar-refractivity contribution in [3.05, 3.63) is 29.8 Å². The third-order valence-corrected chi connectivity index (χ3v) is 3.88. The second-order valence-corrected chi connectivity index (χ2v) is 8.16. The molecule has 0 bridgehead atoms. The van der Waals surface area contributed by atoms with E-state index in [-0.39, 0.29) is 10.8 Å². The molecule has 0 spiro atoms. The summed E-state index contributed by atoms with van der Waals surface area (Å²) in [6.45, 7) is 13.4. The minimum Gasteiger partial charge on any atom is -0.467 e. The summed E-state index contributed by atoms with van der Waals surface area (Å²) in [4.78, 5) is 11.5. The van der Waals surface area contributed by atoms with Gasteiger partial charge in [0.25, 0.3) is 0 Å². The Morgan fingerprint density at radius 3 is 2.14 bits per heavy atom. The topological polar surface area (TPSA) is 35.5 Å². The minimum absolute atomic E-state index is 0.0890. The number of alkyl halides is 1. The summed E-state index contributed by atoms with van der Waals surface area (Å²) in [5, 5.41) is -0.777. The molecule has 1 atom stereocenters. The fourth-order valence-corrected chi connectivity index (χ4v) is 3.14. The molecule has 0 aliphatic rings. The molecule has 0 aromatic heterocycles. The van der Waals surface area contributed by atoms with Gasteiger partial charge in [-0.05, 0) is 57.8 Å². The van der Waals surface area contributed by atoms with Crippen molar-refractivity contribution in [2.45, 2.75) is 58.4 Å². The highest BCUT2D eigenvalue weighted by atomic mass is 79.9. The van der Waals surface area contributed by atoms with Gasteiger partial charge in [-0.3, -0.25) is 0 Å². The molecular weight excluding hydrogens is 344 g/mol. The standard InChI is InChI=1S/C18H27BrO3/c1-7-21-16(20)15(19)22-14-10-8-13(9-11-14)18(5,6)12-17(2,3)4/h8-11,15H,7,12H2,1-6H3. The first-order valence-corrected chi connectivity index (χ1v) is 8.54. The molecule has 1 aromatic carbocycles. The summed E-state index contributed by atoms with van der Waals surface area (Å²) in [5.74, 6) is 0.227. The first-order valence-electron chi connectivity index (χ1n) is 7.63. The van der Waals surface area contributed by atoms with Crippen molar-refractivity contribution in [3.63, 3.8) is 0 Å². The van der Waals surface area contributed by atoms with Gasteiger partial charge in [0.1, 0.15) is 5.75 Å². The first kappa shape index (κ1) is 19.0. The van der Waals surface area contributed by atoms with Crippen molar-refractivity contribution in [1.29, 1.82) is 0 Å². The Kier molecular flexibility index (Phi) is 6.48. The maximum Gasteiger partial charge on any atom is 0.358 e. The van der Waals surface area contributed by atoms with Crippen LogP contribution in [0, 0.1) is 5.41 Å². The number of hydrogen-bond acceptors (Lipinski definition) is 3. The molecule has 0 saturated carbocycles. The van der Waals surface area contributed by atoms with Crippen LogP contribution in [-0.4, -0.2) is 17.6 Å². The highest BCUT2D eigenvalue weighted by Crippen LogP contribution is 2.36. The quantitative estimate of drug-likeness (QED) is 0.518. The van der Waals surface area contributed by atoms with Gasteiger partial charge in [0.05, 0.1) is 6.61 Å². The molecule has 124 valence electrons. The van der Waals surface area contributed by atoms with Gasteiger partial charge in [-0.1, -0.05) is 46.8 Å². The molecule has 0 aliphatic carbocycles. The van der Waals surface area contributed by atoms with Gasteiger partial charge in [-0.25, -0.2) is 4.79 Å². The number of halogens is 1. The van der Waals surface area contributed by atoms with Crippen LogP contribution in [0.4, 0.5) is 0 Å². The second-order valence-electron chi connectivity index (χ2n) is 7.33. The third kappa shape index (κ3) is 5.99. The summed E-state index contributed by atoms with van der Waals surface area (Å²) < 4.78 is 10.4. The predicted octanol–water partition coefficient (Wildman–Crippen LogP) is 5.06. The maximum atomic E-state index is 11.5. The second kappa shape index (κ2) is 7.49. The summed E-state index contributed by atoms with van der Waals surface area (Å²) in [6, 6.07) is 7.92. The van der Waals surface area contributed by atoms with Gasteiger partial charge in [0.15, 0.2) is 0 Å². The number of ether oxygens (including phenoxy) is 2. The van der Waals surface area contributed by atoms with E-state index in [4.69, 9.17) is 9.47 Å². The van der Waals surface area contributed by atoms with Gasteiger partial charge in [0, 0.05) is 0 Å². The van der Waals surface area contributed by atoms with Gasteiger partial charge < -0.3 is 9.47 Å². The summed E-state index contributed by atoms with van der Waals surface area (Å²) >= 11 is 3.18. The fraction of sp³-hybridized carbons (Fsp3) is 0.611. The highest BCUT2D eigenvalue weighted by Gasteiger charge is 2.27. The van der Waals surface area contributed by atoms with Crippen LogP contribution in [0.15, 0.2) is 24.3 Å². The van der Waals surface area contributed by atoms with Gasteiger partial charge in [0.2, 0.25) is 5.01 Å². The van der Waals surface area contributed by atoms with Gasteiger partial charge >= 0.3 is 5.97 Å². The van der Waals surface area contributed by atoms with Crippen LogP contribution in [0.25, 0.3) is 0 Å². The van der Waals surface area contributed by atoms with Crippen molar-refractivity contribution < 1.29 is 14.3 Å². The zero-order valence-corrected chi connectivity index (χ0v) is 16.0. The molecule has 0 saturated heterocycles. The van der Waals surface area contributed by atoms with E-state index in [1.807, 2.05) is 12.1 Å². The Balaban J connectivity index is 2.76. The number of esters is 1. The van der Waals surface area contributed by atoms with Crippen LogP contribution in [0.3, 0.4) is 0 Å². The molecule has 1 unspecified atom stereocenters. The molecule has 0 heterocycles. The van der Waals surface area contributed by atoms with Crippen molar-refractivity contribution >= 4 is 21.9 Å². The van der Waals surface area contributed by atoms with E-state index in [9.17, 15) is 4.79 Å². The number of hydrogen-bond donors (Lipinski definition) is 0. The Morgan fingerprint density at radius 2 is 1.68 bits per heavy atom. The average molecular weight is 371 g/mol. The Labute approximate surface area is 142 Å². The number of carbonyl (C=O) groups excluding carboxylic acids is 1. The molecule has 1 aromatic rings. The van der Waals surface area contributed by atoms with E-state index in [0.717, 1.165) is 6.42 Å². The molecule has 4 heteroatoms. The molecule has 0 amide bonds. The van der Waals surface area contributed by atoms with E-state index in [1.54, 1.807) is 6.92 Å². The zero-order chi connectivity index (χ0) is 17.0. The van der Waals surface area contributed by atoms with Crippen molar-refractivity contribution in [1.82, 2.24) is 0 Å². The molecule has 0 fully saturated rings. The minimum atomic E-state index is -0.777. The van der Waals surface area contributed by atoms with E-state index >= 15 is 0 Å². The number of rotatable bonds is 6. The summed E-state index contributed by atoms with van der Waals surface area (Å²) in [7, 11) is 0. The van der Waals surface area contributed by atoms with E-state index < -0.39 is 11.0 Å². The predicted molar refractivity (Wildman–Crippen MR) is 93.5 cm³/mol. The lowest BCUT2D eigenvalue weighted by molar-refractivity contribution is -0.146. The van der Waals surface area contributed by atoms with Gasteiger partial charge in [-0.2, -0.15) is 0 Å². The van der Waals surface area contributed by atoms with Crippen LogP contribution >= 0.6 is 15.9 Å². The van der Waals surface area contributed by atoms with Crippen LogP contribution < -0.4 is 4.74 Å². The Hall–Kier alpha value is -1.03. The average Bonchev–Trinajstić information content (AvgIpc) is 2.36. The zero-order valence-electron chi connectivity index (χ0n) is 14.4. The van der Waals surface area contributed by atoms with Crippen molar-refractivity contribution in [2.75, 3.05) is 6.61 Å². The monoisotopic (exact) mass is 370 g/mol. The van der Waals surface area contributed by atoms with Crippen LogP contribution in [-0.2, 0) is 14.9 Å². The highest BCUT2D eigenvalue weighted by molar-refractivity contribution is 9.09. The fourth-order valence-electron chi connectivity index (χ4n) is 2.79. The van der Waals surface area contributed by atoms with Crippen molar-refractivity contribution in [3.8, 4) is 5.75 Å². The molecule has 1 rings (SSSR count). The van der Waals surface area contributed by atoms with E-state index in [0.29, 0.717) is 12.4 Å². The lowest BCUT2D eigenvalue weighted by Gasteiger charge is -2.33. The first-order chi connectivity index (χ1) is 10.0. The maximum absolute atomic E-state index is 11.5. The van der Waals surface area contributed by atoms with E-state index in [1.165, 1.54) is 5.56 Å². The van der Waals surface area contributed by atoms with Crippen molar-refractivity contribution in [2.24, 2.45) is 5.41 Å². The third-order valence-electron chi connectivity index (χ3n) is 3.32. The SMILES string of the molecule is CCOC(=O)C(Br)Oc1ccc(C(C)(C)CC(C)(C)C)cc1. The summed E-state index contributed by atoms with van der Waals surface area (Å²) in [5.41, 5.74) is 1.62. The lowest BCUT2D eigenvalue weighted by Crippen LogP contribution is -2.25. The molecular formula is C18H27BrO3. The van der Waals surface area contributed by atoms with Gasteiger partial charge in [-0.15, -0.1) is 0 Å². The molecule has 0 radical (unpaired) electrons. The lowest BCUT2D eigenvalue weighted by atomic mass is 9.72. The normalized spacial score (nSPS) is 13.6. The summed E-state index contributed by atoms with van der Waals surface area (Å²) in [6.07, 6.45) is 1.09. The van der Waals surface area contributed by atoms with E-state index in [2.05, 4.69) is 62.7 Å². The largest absolute Gasteiger partial charge is 0.467 e. The Morgan fingerprint density at radius 1 is 1.14 bits per heavy atom. The van der Waals surface area contributed by atoms with Crippen LogP contribution in [0.2, 0.25) is 0 Å². The van der Waals surface area contributed by atoms with Crippen LogP contribution in [0.1, 0.15) is 53.5 Å². The molecule has 3 nitrogen and oxygen atoms in total. The number of benzene rings is 1. The number of carbonyl (C=O) groups is 1. The smallest absolute Gasteiger partial charge is 0.358 e.